The number of benzene rings is 2. The van der Waals surface area contributed by atoms with Crippen molar-refractivity contribution in [2.45, 2.75) is 45.6 Å². The largest absolute Gasteiger partial charge is 0.393 e. The minimum atomic E-state index is -0.416. The number of Topliss-reactive ketones (excluding diaryl/α,β-unsaturated/α-hetero) is 1. The molecule has 0 saturated carbocycles. The molecular weight excluding hydrogens is 341 g/mol. The monoisotopic (exact) mass is 365 g/mol. The van der Waals surface area contributed by atoms with Gasteiger partial charge in [0.1, 0.15) is 11.6 Å². The van der Waals surface area contributed by atoms with Crippen molar-refractivity contribution in [3.05, 3.63) is 65.6 Å². The van der Waals surface area contributed by atoms with Gasteiger partial charge in [-0.2, -0.15) is 0 Å². The van der Waals surface area contributed by atoms with Gasteiger partial charge in [0.25, 0.3) is 0 Å². The molecule has 0 aliphatic carbocycles. The number of aryl methyl sites for hydroxylation is 1. The summed E-state index contributed by atoms with van der Waals surface area (Å²) in [5, 5.41) is 10.5. The summed E-state index contributed by atoms with van der Waals surface area (Å²) in [6.45, 7) is 3.78. The molecule has 0 fully saturated rings. The molecule has 1 N–H and O–H groups in total. The van der Waals surface area contributed by atoms with E-state index in [1.165, 1.54) is 6.07 Å². The first-order valence-electron chi connectivity index (χ1n) is 9.33. The molecule has 0 amide bonds. The third kappa shape index (κ3) is 4.58. The smallest absolute Gasteiger partial charge is 0.137 e. The fraction of sp³-hybridized carbons (Fsp3) is 0.304. The van der Waals surface area contributed by atoms with Crippen molar-refractivity contribution in [2.75, 3.05) is 0 Å². The second kappa shape index (κ2) is 8.40. The fourth-order valence-electron chi connectivity index (χ4n) is 3.23. The maximum absolute atomic E-state index is 14.2. The number of pyridine rings is 1. The number of carbonyl (C=O) groups excluding carboxylic acids is 1. The number of rotatable bonds is 7. The molecular formula is C23H24FNO2. The van der Waals surface area contributed by atoms with E-state index < -0.39 is 6.10 Å². The molecule has 0 unspecified atom stereocenters. The van der Waals surface area contributed by atoms with Gasteiger partial charge >= 0.3 is 0 Å². The van der Waals surface area contributed by atoms with E-state index in [1.54, 1.807) is 12.1 Å². The molecule has 3 nitrogen and oxygen atoms in total. The van der Waals surface area contributed by atoms with Gasteiger partial charge in [-0.05, 0) is 49.6 Å². The molecule has 3 aromatic rings. The Morgan fingerprint density at radius 2 is 1.93 bits per heavy atom. The first-order valence-corrected chi connectivity index (χ1v) is 9.33. The fourth-order valence-corrected chi connectivity index (χ4v) is 3.23. The Morgan fingerprint density at radius 1 is 1.15 bits per heavy atom. The Kier molecular flexibility index (Phi) is 5.97. The summed E-state index contributed by atoms with van der Waals surface area (Å²) >= 11 is 0. The molecule has 1 atom stereocenters. The normalized spacial score (nSPS) is 12.3. The van der Waals surface area contributed by atoms with Crippen LogP contribution < -0.4 is 0 Å². The summed E-state index contributed by atoms with van der Waals surface area (Å²) in [6.07, 6.45) is 1.45. The van der Waals surface area contributed by atoms with Crippen molar-refractivity contribution < 1.29 is 14.3 Å². The molecule has 0 radical (unpaired) electrons. The maximum atomic E-state index is 14.2. The van der Waals surface area contributed by atoms with Gasteiger partial charge in [0.15, 0.2) is 0 Å². The number of ketones is 1. The standard InChI is InChI=1S/C23H24FNO2/c1-3-18(26)9-10-19(27)13-16-8-11-23-17(12-16)14-21(15(2)25-23)20-6-4-5-7-22(20)24/h4-8,11-12,14,18,26H,3,9-10,13H2,1-2H3/t18-/m1/s1. The van der Waals surface area contributed by atoms with Crippen LogP contribution >= 0.6 is 0 Å². The quantitative estimate of drug-likeness (QED) is 0.640. The molecule has 1 aromatic heterocycles. The molecule has 0 aliphatic heterocycles. The number of fused-ring (bicyclic) bond motifs is 1. The van der Waals surface area contributed by atoms with E-state index in [1.807, 2.05) is 44.2 Å². The second-order valence-corrected chi connectivity index (χ2v) is 6.94. The highest BCUT2D eigenvalue weighted by molar-refractivity contribution is 5.87. The van der Waals surface area contributed by atoms with E-state index >= 15 is 0 Å². The van der Waals surface area contributed by atoms with E-state index in [-0.39, 0.29) is 11.6 Å². The predicted molar refractivity (Wildman–Crippen MR) is 106 cm³/mol. The first-order chi connectivity index (χ1) is 13.0. The minimum absolute atomic E-state index is 0.108. The number of hydrogen-bond donors (Lipinski definition) is 1. The van der Waals surface area contributed by atoms with E-state index in [4.69, 9.17) is 0 Å². The Morgan fingerprint density at radius 3 is 2.67 bits per heavy atom. The van der Waals surface area contributed by atoms with E-state index in [0.717, 1.165) is 27.7 Å². The lowest BCUT2D eigenvalue weighted by atomic mass is 9.98. The number of halogens is 1. The van der Waals surface area contributed by atoms with Crippen LogP contribution in [0.1, 0.15) is 37.4 Å². The van der Waals surface area contributed by atoms with E-state index in [9.17, 15) is 14.3 Å². The van der Waals surface area contributed by atoms with Crippen molar-refractivity contribution in [1.29, 1.82) is 0 Å². The SMILES string of the molecule is CC[C@@H](O)CCC(=O)Cc1ccc2nc(C)c(-c3ccccc3F)cc2c1. The summed E-state index contributed by atoms with van der Waals surface area (Å²) in [7, 11) is 0. The van der Waals surface area contributed by atoms with Crippen LogP contribution in [0.3, 0.4) is 0 Å². The highest BCUT2D eigenvalue weighted by Gasteiger charge is 2.12. The first kappa shape index (κ1) is 19.2. The zero-order valence-corrected chi connectivity index (χ0v) is 15.7. The number of nitrogens with zero attached hydrogens (tertiary/aromatic N) is 1. The lowest BCUT2D eigenvalue weighted by molar-refractivity contribution is -0.119. The number of aliphatic hydroxyl groups is 1. The van der Waals surface area contributed by atoms with Crippen molar-refractivity contribution in [1.82, 2.24) is 4.98 Å². The topological polar surface area (TPSA) is 50.2 Å². The molecule has 0 spiro atoms. The van der Waals surface area contributed by atoms with Crippen molar-refractivity contribution >= 4 is 16.7 Å². The number of carbonyl (C=O) groups is 1. The molecule has 4 heteroatoms. The van der Waals surface area contributed by atoms with Crippen LogP contribution in [-0.2, 0) is 11.2 Å². The van der Waals surface area contributed by atoms with Gasteiger partial charge in [-0.3, -0.25) is 9.78 Å². The van der Waals surface area contributed by atoms with Crippen LogP contribution in [-0.4, -0.2) is 22.0 Å². The molecule has 2 aromatic carbocycles. The van der Waals surface area contributed by atoms with Crippen molar-refractivity contribution in [3.63, 3.8) is 0 Å². The van der Waals surface area contributed by atoms with Crippen LogP contribution in [0.4, 0.5) is 4.39 Å². The molecule has 3 rings (SSSR count). The summed E-state index contributed by atoms with van der Waals surface area (Å²) in [6, 6.07) is 14.4. The summed E-state index contributed by atoms with van der Waals surface area (Å²) < 4.78 is 14.2. The Hall–Kier alpha value is -2.59. The van der Waals surface area contributed by atoms with E-state index in [0.29, 0.717) is 31.2 Å². The molecule has 0 saturated heterocycles. The number of hydrogen-bond acceptors (Lipinski definition) is 3. The van der Waals surface area contributed by atoms with Crippen molar-refractivity contribution in [3.8, 4) is 11.1 Å². The number of aromatic nitrogens is 1. The zero-order chi connectivity index (χ0) is 19.4. The third-order valence-corrected chi connectivity index (χ3v) is 4.86. The van der Waals surface area contributed by atoms with Crippen LogP contribution in [0.5, 0.6) is 0 Å². The zero-order valence-electron chi connectivity index (χ0n) is 15.7. The highest BCUT2D eigenvalue weighted by Crippen LogP contribution is 2.28. The Labute approximate surface area is 158 Å². The highest BCUT2D eigenvalue weighted by atomic mass is 19.1. The van der Waals surface area contributed by atoms with Gasteiger partial charge in [-0.1, -0.05) is 31.2 Å². The van der Waals surface area contributed by atoms with Gasteiger partial charge in [0, 0.05) is 35.0 Å². The molecule has 27 heavy (non-hydrogen) atoms. The van der Waals surface area contributed by atoms with Crippen LogP contribution in [0.15, 0.2) is 48.5 Å². The molecule has 0 aliphatic rings. The van der Waals surface area contributed by atoms with Gasteiger partial charge in [0.2, 0.25) is 0 Å². The Balaban J connectivity index is 1.87. The van der Waals surface area contributed by atoms with Crippen LogP contribution in [0.2, 0.25) is 0 Å². The molecule has 140 valence electrons. The van der Waals surface area contributed by atoms with Crippen molar-refractivity contribution in [2.24, 2.45) is 0 Å². The van der Waals surface area contributed by atoms with Gasteiger partial charge in [-0.15, -0.1) is 0 Å². The Bertz CT molecular complexity index is 968. The van der Waals surface area contributed by atoms with Gasteiger partial charge in [-0.25, -0.2) is 4.39 Å². The second-order valence-electron chi connectivity index (χ2n) is 6.94. The van der Waals surface area contributed by atoms with E-state index in [2.05, 4.69) is 4.98 Å². The average molecular weight is 365 g/mol. The predicted octanol–water partition coefficient (Wildman–Crippen LogP) is 5.01. The van der Waals surface area contributed by atoms with Gasteiger partial charge in [0.05, 0.1) is 11.6 Å². The molecule has 1 heterocycles. The summed E-state index contributed by atoms with van der Waals surface area (Å²) in [5.41, 5.74) is 3.79. The lowest BCUT2D eigenvalue weighted by Crippen LogP contribution is -2.10. The third-order valence-electron chi connectivity index (χ3n) is 4.86. The molecule has 0 bridgehead atoms. The van der Waals surface area contributed by atoms with Crippen LogP contribution in [0.25, 0.3) is 22.0 Å². The van der Waals surface area contributed by atoms with Gasteiger partial charge < -0.3 is 5.11 Å². The lowest BCUT2D eigenvalue weighted by Gasteiger charge is -2.10. The average Bonchev–Trinajstić information content (AvgIpc) is 2.66. The maximum Gasteiger partial charge on any atom is 0.137 e. The number of aliphatic hydroxyl groups excluding tert-OH is 1. The summed E-state index contributed by atoms with van der Waals surface area (Å²) in [4.78, 5) is 16.8. The summed E-state index contributed by atoms with van der Waals surface area (Å²) in [5.74, 6) is -0.168. The van der Waals surface area contributed by atoms with Crippen LogP contribution in [0, 0.1) is 12.7 Å². The minimum Gasteiger partial charge on any atom is -0.393 e.